The van der Waals surface area contributed by atoms with Crippen LogP contribution in [0.3, 0.4) is 0 Å². The molecule has 1 aliphatic rings. The predicted molar refractivity (Wildman–Crippen MR) is 120 cm³/mol. The summed E-state index contributed by atoms with van der Waals surface area (Å²) in [5.41, 5.74) is 7.01. The first kappa shape index (κ1) is 21.7. The van der Waals surface area contributed by atoms with Crippen molar-refractivity contribution >= 4 is 21.9 Å². The number of amides is 1. The molecule has 0 unspecified atom stereocenters. The molecule has 0 saturated carbocycles. The topological polar surface area (TPSA) is 119 Å². The lowest BCUT2D eigenvalue weighted by atomic mass is 10.1. The zero-order chi connectivity index (χ0) is 22.7. The molecule has 1 saturated heterocycles. The van der Waals surface area contributed by atoms with E-state index in [1.54, 1.807) is 18.2 Å². The van der Waals surface area contributed by atoms with Gasteiger partial charge in [0.1, 0.15) is 11.4 Å². The van der Waals surface area contributed by atoms with Gasteiger partial charge in [-0.2, -0.15) is 4.31 Å². The van der Waals surface area contributed by atoms with Crippen LogP contribution in [0.1, 0.15) is 10.5 Å². The summed E-state index contributed by atoms with van der Waals surface area (Å²) in [4.78, 5) is 22.8. The molecule has 9 nitrogen and oxygen atoms in total. The molecule has 32 heavy (non-hydrogen) atoms. The van der Waals surface area contributed by atoms with Crippen molar-refractivity contribution in [3.05, 3.63) is 66.4 Å². The Labute approximate surface area is 186 Å². The molecule has 0 spiro atoms. The molecule has 2 aromatic carbocycles. The minimum Gasteiger partial charge on any atom is -0.497 e. The molecule has 1 aromatic heterocycles. The van der Waals surface area contributed by atoms with Crippen LogP contribution in [0.15, 0.2) is 65.6 Å². The zero-order valence-electron chi connectivity index (χ0n) is 17.5. The normalized spacial score (nSPS) is 14.8. The second-order valence-electron chi connectivity index (χ2n) is 7.24. The van der Waals surface area contributed by atoms with Crippen LogP contribution in [0.2, 0.25) is 0 Å². The summed E-state index contributed by atoms with van der Waals surface area (Å²) in [6.45, 7) is 1.29. The van der Waals surface area contributed by atoms with Gasteiger partial charge in [-0.25, -0.2) is 18.4 Å². The molecular weight excluding hydrogens is 430 g/mol. The van der Waals surface area contributed by atoms with Crippen molar-refractivity contribution in [2.75, 3.05) is 38.2 Å². The van der Waals surface area contributed by atoms with E-state index in [0.717, 1.165) is 5.56 Å². The van der Waals surface area contributed by atoms with Crippen LogP contribution >= 0.6 is 0 Å². The Morgan fingerprint density at radius 2 is 1.62 bits per heavy atom. The van der Waals surface area contributed by atoms with E-state index in [1.807, 2.05) is 35.2 Å². The number of carbonyl (C=O) groups is 1. The summed E-state index contributed by atoms with van der Waals surface area (Å²) in [6, 6.07) is 17.3. The van der Waals surface area contributed by atoms with Gasteiger partial charge in [0.05, 0.1) is 17.7 Å². The maximum atomic E-state index is 13.0. The highest BCUT2D eigenvalue weighted by Gasteiger charge is 2.29. The van der Waals surface area contributed by atoms with Gasteiger partial charge in [-0.15, -0.1) is 0 Å². The van der Waals surface area contributed by atoms with Crippen molar-refractivity contribution in [3.63, 3.8) is 0 Å². The molecule has 166 valence electrons. The molecule has 3 aromatic rings. The van der Waals surface area contributed by atoms with E-state index in [-0.39, 0.29) is 23.7 Å². The van der Waals surface area contributed by atoms with Gasteiger partial charge in [0.25, 0.3) is 5.91 Å². The first-order valence-electron chi connectivity index (χ1n) is 10.0. The second-order valence-corrected chi connectivity index (χ2v) is 9.17. The molecular formula is C22H23N5O4S. The molecule has 0 aliphatic carbocycles. The molecule has 1 amide bonds. The Morgan fingerprint density at radius 1 is 0.969 bits per heavy atom. The fourth-order valence-electron chi connectivity index (χ4n) is 3.48. The average molecular weight is 454 g/mol. The summed E-state index contributed by atoms with van der Waals surface area (Å²) in [6.07, 6.45) is 0. The van der Waals surface area contributed by atoms with Crippen molar-refractivity contribution < 1.29 is 17.9 Å². The molecule has 1 aliphatic heterocycles. The number of rotatable bonds is 6. The van der Waals surface area contributed by atoms with E-state index in [2.05, 4.69) is 9.97 Å². The smallest absolute Gasteiger partial charge is 0.267 e. The summed E-state index contributed by atoms with van der Waals surface area (Å²) in [5.74, 6) is 0.294. The van der Waals surface area contributed by atoms with E-state index >= 15 is 0 Å². The number of sulfonamides is 1. The number of piperazine rings is 1. The van der Waals surface area contributed by atoms with Gasteiger partial charge >= 0.3 is 0 Å². The lowest BCUT2D eigenvalue weighted by Gasteiger charge is -2.34. The van der Waals surface area contributed by atoms with Gasteiger partial charge in [-0.05, 0) is 30.3 Å². The summed E-state index contributed by atoms with van der Waals surface area (Å²) in [7, 11) is -2.10. The lowest BCUT2D eigenvalue weighted by molar-refractivity contribution is 0.0995. The molecule has 0 radical (unpaired) electrons. The van der Waals surface area contributed by atoms with Crippen LogP contribution in [-0.2, 0) is 10.0 Å². The van der Waals surface area contributed by atoms with Crippen LogP contribution < -0.4 is 15.4 Å². The first-order chi connectivity index (χ1) is 15.4. The van der Waals surface area contributed by atoms with Gasteiger partial charge in [0.2, 0.25) is 16.0 Å². The number of carbonyl (C=O) groups excluding carboxylic acids is 1. The minimum atomic E-state index is -3.63. The predicted octanol–water partition coefficient (Wildman–Crippen LogP) is 1.76. The van der Waals surface area contributed by atoms with Gasteiger partial charge in [-0.3, -0.25) is 4.79 Å². The quantitative estimate of drug-likeness (QED) is 0.604. The van der Waals surface area contributed by atoms with Crippen LogP contribution in [0.4, 0.5) is 5.95 Å². The van der Waals surface area contributed by atoms with E-state index in [9.17, 15) is 13.2 Å². The number of hydrogen-bond acceptors (Lipinski definition) is 7. The Balaban J connectivity index is 1.55. The number of nitrogens with zero attached hydrogens (tertiary/aromatic N) is 4. The van der Waals surface area contributed by atoms with Gasteiger partial charge in [-0.1, -0.05) is 30.3 Å². The number of anilines is 1. The number of benzene rings is 2. The van der Waals surface area contributed by atoms with E-state index < -0.39 is 15.9 Å². The molecule has 0 atom stereocenters. The summed E-state index contributed by atoms with van der Waals surface area (Å²) < 4.78 is 32.5. The Morgan fingerprint density at radius 3 is 2.22 bits per heavy atom. The van der Waals surface area contributed by atoms with E-state index in [1.165, 1.54) is 23.5 Å². The molecule has 2 N–H and O–H groups in total. The third-order valence-electron chi connectivity index (χ3n) is 5.26. The molecule has 2 heterocycles. The molecule has 4 rings (SSSR count). The van der Waals surface area contributed by atoms with Crippen LogP contribution in [0.25, 0.3) is 11.3 Å². The highest BCUT2D eigenvalue weighted by Crippen LogP contribution is 2.24. The van der Waals surface area contributed by atoms with Crippen molar-refractivity contribution in [2.45, 2.75) is 4.90 Å². The Bertz CT molecular complexity index is 1210. The van der Waals surface area contributed by atoms with E-state index in [4.69, 9.17) is 10.5 Å². The fraction of sp³-hybridized carbons (Fsp3) is 0.227. The van der Waals surface area contributed by atoms with Crippen molar-refractivity contribution in [1.82, 2.24) is 14.3 Å². The van der Waals surface area contributed by atoms with E-state index in [0.29, 0.717) is 30.5 Å². The molecule has 10 heteroatoms. The highest BCUT2D eigenvalue weighted by atomic mass is 32.2. The van der Waals surface area contributed by atoms with Gasteiger partial charge < -0.3 is 15.4 Å². The number of aromatic nitrogens is 2. The minimum absolute atomic E-state index is 0.113. The maximum Gasteiger partial charge on any atom is 0.267 e. The average Bonchev–Trinajstić information content (AvgIpc) is 2.84. The zero-order valence-corrected chi connectivity index (χ0v) is 18.3. The number of nitrogens with two attached hydrogens (primary N) is 1. The fourth-order valence-corrected chi connectivity index (χ4v) is 4.91. The SMILES string of the molecule is COc1ccc(S(=O)(=O)N2CCN(c3nc(C(N)=O)cc(-c4ccccc4)n3)CC2)cc1. The van der Waals surface area contributed by atoms with Gasteiger partial charge in [0.15, 0.2) is 0 Å². The third kappa shape index (κ3) is 4.41. The van der Waals surface area contributed by atoms with Crippen molar-refractivity contribution in [3.8, 4) is 17.0 Å². The number of primary amides is 1. The number of hydrogen-bond donors (Lipinski definition) is 1. The molecule has 0 bridgehead atoms. The van der Waals surface area contributed by atoms with Crippen LogP contribution in [-0.4, -0.2) is 61.9 Å². The molecule has 1 fully saturated rings. The van der Waals surface area contributed by atoms with Crippen LogP contribution in [0.5, 0.6) is 5.75 Å². The largest absolute Gasteiger partial charge is 0.497 e. The lowest BCUT2D eigenvalue weighted by Crippen LogP contribution is -2.49. The highest BCUT2D eigenvalue weighted by molar-refractivity contribution is 7.89. The second kappa shape index (κ2) is 8.93. The van der Waals surface area contributed by atoms with Crippen molar-refractivity contribution in [2.24, 2.45) is 5.73 Å². The Kier molecular flexibility index (Phi) is 6.06. The monoisotopic (exact) mass is 453 g/mol. The summed E-state index contributed by atoms with van der Waals surface area (Å²) in [5, 5.41) is 0. The van der Waals surface area contributed by atoms with Gasteiger partial charge in [0, 0.05) is 31.7 Å². The Hall–Kier alpha value is -3.50. The number of ether oxygens (including phenoxy) is 1. The number of methoxy groups -OCH3 is 1. The maximum absolute atomic E-state index is 13.0. The van der Waals surface area contributed by atoms with Crippen LogP contribution in [0, 0.1) is 0 Å². The standard InChI is InChI=1S/C22H23N5O4S/c1-31-17-7-9-18(10-8-17)32(29,30)27-13-11-26(12-14-27)22-24-19(15-20(25-22)21(23)28)16-5-3-2-4-6-16/h2-10,15H,11-14H2,1H3,(H2,23,28). The van der Waals surface area contributed by atoms with Crippen molar-refractivity contribution in [1.29, 1.82) is 0 Å². The third-order valence-corrected chi connectivity index (χ3v) is 7.17. The summed E-state index contributed by atoms with van der Waals surface area (Å²) >= 11 is 0. The first-order valence-corrected chi connectivity index (χ1v) is 11.5.